The molecule has 0 N–H and O–H groups in total. The molecule has 0 saturated carbocycles. The first-order valence-electron chi connectivity index (χ1n) is 3.43. The third kappa shape index (κ3) is 1.04. The Bertz CT molecular complexity index is 467. The van der Waals surface area contributed by atoms with Crippen LogP contribution in [0.4, 0.5) is 0 Å². The Morgan fingerprint density at radius 2 is 2.42 bits per heavy atom. The molecule has 3 nitrogen and oxygen atoms in total. The van der Waals surface area contributed by atoms with Crippen molar-refractivity contribution in [1.29, 1.82) is 5.26 Å². The van der Waals surface area contributed by atoms with Gasteiger partial charge in [-0.3, -0.25) is 0 Å². The second kappa shape index (κ2) is 2.54. The van der Waals surface area contributed by atoms with Crippen LogP contribution >= 0.6 is 11.3 Å². The molecule has 0 amide bonds. The minimum absolute atomic E-state index is 0.685. The van der Waals surface area contributed by atoms with Gasteiger partial charge in [-0.05, 0) is 13.0 Å². The topological polar surface area (TPSA) is 49.6 Å². The molecule has 2 aromatic rings. The lowest BCUT2D eigenvalue weighted by atomic mass is 10.4. The van der Waals surface area contributed by atoms with Crippen LogP contribution in [0, 0.1) is 18.3 Å². The minimum atomic E-state index is 0.685. The summed E-state index contributed by atoms with van der Waals surface area (Å²) in [6.07, 6.45) is 1.75. The van der Waals surface area contributed by atoms with Crippen LogP contribution in [0.5, 0.6) is 0 Å². The Balaban J connectivity index is 2.77. The van der Waals surface area contributed by atoms with Crippen LogP contribution in [0.3, 0.4) is 0 Å². The third-order valence-corrected chi connectivity index (χ3v) is 2.45. The van der Waals surface area contributed by atoms with E-state index in [1.54, 1.807) is 12.3 Å². The fraction of sp³-hybridized carbons (Fsp3) is 0.125. The van der Waals surface area contributed by atoms with Crippen molar-refractivity contribution in [2.75, 3.05) is 0 Å². The summed E-state index contributed by atoms with van der Waals surface area (Å²) in [5.41, 5.74) is 0. The Kier molecular flexibility index (Phi) is 1.52. The van der Waals surface area contributed by atoms with Crippen molar-refractivity contribution in [3.63, 3.8) is 0 Å². The zero-order valence-electron chi connectivity index (χ0n) is 6.40. The van der Waals surface area contributed by atoms with Crippen LogP contribution in [0.1, 0.15) is 10.7 Å². The van der Waals surface area contributed by atoms with Gasteiger partial charge in [0.15, 0.2) is 0 Å². The second-order valence-electron chi connectivity index (χ2n) is 2.40. The van der Waals surface area contributed by atoms with Crippen molar-refractivity contribution in [3.8, 4) is 6.07 Å². The fourth-order valence-corrected chi connectivity index (χ4v) is 1.82. The van der Waals surface area contributed by atoms with E-state index in [0.29, 0.717) is 4.88 Å². The molecule has 0 bridgehead atoms. The van der Waals surface area contributed by atoms with Crippen LogP contribution in [-0.4, -0.2) is 9.97 Å². The molecule has 2 heterocycles. The summed E-state index contributed by atoms with van der Waals surface area (Å²) in [6.45, 7) is 1.84. The van der Waals surface area contributed by atoms with Gasteiger partial charge in [-0.1, -0.05) is 0 Å². The predicted molar refractivity (Wildman–Crippen MR) is 46.9 cm³/mol. The molecule has 58 valence electrons. The van der Waals surface area contributed by atoms with Crippen molar-refractivity contribution in [2.45, 2.75) is 6.92 Å². The largest absolute Gasteiger partial charge is 0.241 e. The van der Waals surface area contributed by atoms with Gasteiger partial charge in [0.2, 0.25) is 0 Å². The van der Waals surface area contributed by atoms with Gasteiger partial charge in [0.25, 0.3) is 0 Å². The summed E-state index contributed by atoms with van der Waals surface area (Å²) in [4.78, 5) is 9.81. The van der Waals surface area contributed by atoms with E-state index in [-0.39, 0.29) is 0 Å². The molecule has 0 atom stereocenters. The zero-order valence-corrected chi connectivity index (χ0v) is 7.22. The van der Waals surface area contributed by atoms with Gasteiger partial charge < -0.3 is 0 Å². The zero-order chi connectivity index (χ0) is 8.55. The molecule has 12 heavy (non-hydrogen) atoms. The van der Waals surface area contributed by atoms with Crippen LogP contribution in [0.15, 0.2) is 12.3 Å². The van der Waals surface area contributed by atoms with Gasteiger partial charge in [0, 0.05) is 11.6 Å². The van der Waals surface area contributed by atoms with E-state index in [2.05, 4.69) is 16.0 Å². The van der Waals surface area contributed by atoms with Gasteiger partial charge in [0.05, 0.1) is 0 Å². The molecule has 2 rings (SSSR count). The fourth-order valence-electron chi connectivity index (χ4n) is 0.969. The Hall–Kier alpha value is -1.47. The molecule has 0 fully saturated rings. The van der Waals surface area contributed by atoms with E-state index >= 15 is 0 Å². The number of hydrogen-bond donors (Lipinski definition) is 0. The summed E-state index contributed by atoms with van der Waals surface area (Å²) in [6, 6.07) is 3.89. The number of hydrogen-bond acceptors (Lipinski definition) is 4. The van der Waals surface area contributed by atoms with Crippen molar-refractivity contribution < 1.29 is 0 Å². The first-order valence-corrected chi connectivity index (χ1v) is 4.24. The second-order valence-corrected chi connectivity index (χ2v) is 3.43. The number of thiophene rings is 1. The normalized spacial score (nSPS) is 10.0. The summed E-state index contributed by atoms with van der Waals surface area (Å²) in [5, 5.41) is 9.57. The highest BCUT2D eigenvalue weighted by atomic mass is 32.1. The standard InChI is InChI=1S/C8H5N3S/c1-5-10-4-6-2-7(3-9)12-8(6)11-5/h2,4H,1H3. The van der Waals surface area contributed by atoms with E-state index in [1.165, 1.54) is 11.3 Å². The number of aromatic nitrogens is 2. The van der Waals surface area contributed by atoms with Gasteiger partial charge in [-0.25, -0.2) is 9.97 Å². The maximum atomic E-state index is 8.62. The lowest BCUT2D eigenvalue weighted by molar-refractivity contribution is 1.10. The smallest absolute Gasteiger partial charge is 0.128 e. The van der Waals surface area contributed by atoms with E-state index < -0.39 is 0 Å². The van der Waals surface area contributed by atoms with Crippen molar-refractivity contribution >= 4 is 21.6 Å². The Labute approximate surface area is 73.3 Å². The van der Waals surface area contributed by atoms with Crippen LogP contribution < -0.4 is 0 Å². The van der Waals surface area contributed by atoms with E-state index in [9.17, 15) is 0 Å². The monoisotopic (exact) mass is 175 g/mol. The highest BCUT2D eigenvalue weighted by molar-refractivity contribution is 7.19. The maximum Gasteiger partial charge on any atom is 0.128 e. The molecular formula is C8H5N3S. The molecule has 0 saturated heterocycles. The average molecular weight is 175 g/mol. The predicted octanol–water partition coefficient (Wildman–Crippen LogP) is 1.87. The van der Waals surface area contributed by atoms with Crippen LogP contribution in [-0.2, 0) is 0 Å². The van der Waals surface area contributed by atoms with Crippen molar-refractivity contribution in [3.05, 3.63) is 23.0 Å². The average Bonchev–Trinajstić information content (AvgIpc) is 2.46. The summed E-state index contributed by atoms with van der Waals surface area (Å²) in [5.74, 6) is 0.744. The molecule has 0 aliphatic carbocycles. The Morgan fingerprint density at radius 3 is 3.17 bits per heavy atom. The maximum absolute atomic E-state index is 8.62. The van der Waals surface area contributed by atoms with Gasteiger partial charge in [-0.15, -0.1) is 11.3 Å². The summed E-state index contributed by atoms with van der Waals surface area (Å²) >= 11 is 1.40. The molecule has 0 radical (unpaired) electrons. The van der Waals surface area contributed by atoms with Gasteiger partial charge in [0.1, 0.15) is 21.6 Å². The third-order valence-electron chi connectivity index (χ3n) is 1.50. The SMILES string of the molecule is Cc1ncc2cc(C#N)sc2n1. The van der Waals surface area contributed by atoms with Crippen molar-refractivity contribution in [1.82, 2.24) is 9.97 Å². The summed E-state index contributed by atoms with van der Waals surface area (Å²) < 4.78 is 0. The van der Waals surface area contributed by atoms with Gasteiger partial charge in [-0.2, -0.15) is 5.26 Å². The molecule has 0 aliphatic rings. The highest BCUT2D eigenvalue weighted by Gasteiger charge is 2.01. The molecule has 0 aromatic carbocycles. The van der Waals surface area contributed by atoms with Crippen LogP contribution in [0.2, 0.25) is 0 Å². The van der Waals surface area contributed by atoms with Gasteiger partial charge >= 0.3 is 0 Å². The first-order chi connectivity index (χ1) is 5.79. The first kappa shape index (κ1) is 7.19. The lowest BCUT2D eigenvalue weighted by Gasteiger charge is -1.88. The van der Waals surface area contributed by atoms with Crippen LogP contribution in [0.25, 0.3) is 10.2 Å². The highest BCUT2D eigenvalue weighted by Crippen LogP contribution is 2.21. The number of rotatable bonds is 0. The van der Waals surface area contributed by atoms with Crippen molar-refractivity contribution in [2.24, 2.45) is 0 Å². The lowest BCUT2D eigenvalue weighted by Crippen LogP contribution is -1.82. The van der Waals surface area contributed by atoms with E-state index in [1.807, 2.05) is 6.92 Å². The number of fused-ring (bicyclic) bond motifs is 1. The molecular weight excluding hydrogens is 170 g/mol. The molecule has 0 unspecified atom stereocenters. The number of aryl methyl sites for hydroxylation is 1. The van der Waals surface area contributed by atoms with E-state index in [4.69, 9.17) is 5.26 Å². The Morgan fingerprint density at radius 1 is 1.58 bits per heavy atom. The minimum Gasteiger partial charge on any atom is -0.241 e. The molecule has 4 heteroatoms. The number of nitrogens with zero attached hydrogens (tertiary/aromatic N) is 3. The number of nitriles is 1. The molecule has 0 spiro atoms. The van der Waals surface area contributed by atoms with E-state index in [0.717, 1.165) is 16.0 Å². The molecule has 2 aromatic heterocycles. The molecule has 0 aliphatic heterocycles. The quantitative estimate of drug-likeness (QED) is 0.614. The summed E-state index contributed by atoms with van der Waals surface area (Å²) in [7, 11) is 0.